The monoisotopic (exact) mass is 413 g/mol. The zero-order chi connectivity index (χ0) is 17.7. The van der Waals surface area contributed by atoms with Crippen molar-refractivity contribution in [2.75, 3.05) is 11.3 Å². The molecule has 8 heteroatoms. The summed E-state index contributed by atoms with van der Waals surface area (Å²) in [6, 6.07) is 9.95. The molecule has 2 N–H and O–H groups in total. The highest BCUT2D eigenvalue weighted by Gasteiger charge is 2.17. The molecular formula is C16H16BrNO5S. The number of hydrogen-bond donors (Lipinski definition) is 2. The number of hydrogen-bond acceptors (Lipinski definition) is 4. The van der Waals surface area contributed by atoms with Gasteiger partial charge in [0.2, 0.25) is 0 Å². The van der Waals surface area contributed by atoms with Crippen LogP contribution in [0.5, 0.6) is 5.75 Å². The molecule has 0 aliphatic carbocycles. The van der Waals surface area contributed by atoms with Crippen molar-refractivity contribution < 1.29 is 23.1 Å². The summed E-state index contributed by atoms with van der Waals surface area (Å²) in [5.74, 6) is -0.629. The highest BCUT2D eigenvalue weighted by molar-refractivity contribution is 9.10. The number of halogens is 1. The van der Waals surface area contributed by atoms with Gasteiger partial charge in [-0.2, -0.15) is 0 Å². The Morgan fingerprint density at radius 2 is 1.88 bits per heavy atom. The Morgan fingerprint density at radius 1 is 1.21 bits per heavy atom. The molecule has 0 unspecified atom stereocenters. The maximum atomic E-state index is 12.5. The van der Waals surface area contributed by atoms with Gasteiger partial charge in [0.25, 0.3) is 10.0 Å². The molecule has 0 amide bonds. The minimum Gasteiger partial charge on any atom is -0.492 e. The van der Waals surface area contributed by atoms with E-state index in [1.54, 1.807) is 6.07 Å². The van der Waals surface area contributed by atoms with Crippen molar-refractivity contribution in [3.63, 3.8) is 0 Å². The Kier molecular flexibility index (Phi) is 5.84. The quantitative estimate of drug-likeness (QED) is 0.720. The first-order valence-corrected chi connectivity index (χ1v) is 9.39. The molecule has 24 heavy (non-hydrogen) atoms. The van der Waals surface area contributed by atoms with E-state index >= 15 is 0 Å². The van der Waals surface area contributed by atoms with Crippen molar-refractivity contribution in [2.24, 2.45) is 0 Å². The third-order valence-electron chi connectivity index (χ3n) is 3.06. The van der Waals surface area contributed by atoms with E-state index in [9.17, 15) is 13.2 Å². The fraction of sp³-hybridized carbons (Fsp3) is 0.188. The first-order chi connectivity index (χ1) is 11.3. The molecule has 0 heterocycles. The Balaban J connectivity index is 2.25. The summed E-state index contributed by atoms with van der Waals surface area (Å²) >= 11 is 3.32. The predicted octanol–water partition coefficient (Wildman–Crippen LogP) is 3.74. The smallest absolute Gasteiger partial charge is 0.335 e. The molecule has 0 aromatic heterocycles. The van der Waals surface area contributed by atoms with Crippen LogP contribution in [0.1, 0.15) is 23.7 Å². The van der Waals surface area contributed by atoms with E-state index in [4.69, 9.17) is 9.84 Å². The second-order valence-electron chi connectivity index (χ2n) is 4.93. The van der Waals surface area contributed by atoms with E-state index in [-0.39, 0.29) is 16.1 Å². The van der Waals surface area contributed by atoms with Crippen molar-refractivity contribution in [3.8, 4) is 5.75 Å². The topological polar surface area (TPSA) is 92.7 Å². The first-order valence-electron chi connectivity index (χ1n) is 7.12. The largest absolute Gasteiger partial charge is 0.492 e. The second-order valence-corrected chi connectivity index (χ2v) is 7.47. The number of ether oxygens (including phenoxy) is 1. The summed E-state index contributed by atoms with van der Waals surface area (Å²) < 4.78 is 33.5. The van der Waals surface area contributed by atoms with E-state index in [2.05, 4.69) is 20.7 Å². The fourth-order valence-electron chi connectivity index (χ4n) is 1.87. The molecule has 6 nitrogen and oxygen atoms in total. The normalized spacial score (nSPS) is 11.1. The molecule has 0 radical (unpaired) electrons. The summed E-state index contributed by atoms with van der Waals surface area (Å²) in [5, 5.41) is 8.86. The molecule has 0 atom stereocenters. The Bertz CT molecular complexity index is 834. The van der Waals surface area contributed by atoms with Gasteiger partial charge in [0, 0.05) is 11.8 Å². The lowest BCUT2D eigenvalue weighted by Crippen LogP contribution is -2.13. The molecule has 0 fully saturated rings. The average Bonchev–Trinajstić information content (AvgIpc) is 2.54. The van der Waals surface area contributed by atoms with Gasteiger partial charge in [-0.15, -0.1) is 0 Å². The van der Waals surface area contributed by atoms with Crippen LogP contribution < -0.4 is 9.46 Å². The number of nitrogens with one attached hydrogen (secondary N) is 1. The van der Waals surface area contributed by atoms with E-state index in [1.165, 1.54) is 36.4 Å². The molecule has 2 rings (SSSR count). The first kappa shape index (κ1) is 18.3. The maximum absolute atomic E-state index is 12.5. The third-order valence-corrected chi connectivity index (χ3v) is 5.09. The predicted molar refractivity (Wildman–Crippen MR) is 94.1 cm³/mol. The second kappa shape index (κ2) is 7.67. The van der Waals surface area contributed by atoms with Crippen molar-refractivity contribution in [1.82, 2.24) is 0 Å². The Morgan fingerprint density at radius 3 is 2.46 bits per heavy atom. The summed E-state index contributed by atoms with van der Waals surface area (Å²) in [5.41, 5.74) is 0.357. The van der Waals surface area contributed by atoms with E-state index in [0.29, 0.717) is 16.8 Å². The van der Waals surface area contributed by atoms with Crippen molar-refractivity contribution in [2.45, 2.75) is 18.2 Å². The third kappa shape index (κ3) is 4.48. The van der Waals surface area contributed by atoms with Gasteiger partial charge in [-0.25, -0.2) is 13.2 Å². The van der Waals surface area contributed by atoms with Gasteiger partial charge in [-0.1, -0.05) is 6.92 Å². The number of aromatic carboxylic acids is 1. The van der Waals surface area contributed by atoms with E-state index in [0.717, 1.165) is 6.42 Å². The van der Waals surface area contributed by atoms with Crippen LogP contribution in [0.25, 0.3) is 0 Å². The molecule has 0 spiro atoms. The lowest BCUT2D eigenvalue weighted by atomic mass is 10.2. The molecule has 0 aliphatic rings. The van der Waals surface area contributed by atoms with Crippen molar-refractivity contribution >= 4 is 37.6 Å². The summed E-state index contributed by atoms with van der Waals surface area (Å²) in [4.78, 5) is 10.9. The van der Waals surface area contributed by atoms with Gasteiger partial charge in [-0.3, -0.25) is 4.72 Å². The number of anilines is 1. The van der Waals surface area contributed by atoms with E-state index in [1.807, 2.05) is 6.92 Å². The van der Waals surface area contributed by atoms with Crippen LogP contribution in [0.2, 0.25) is 0 Å². The summed E-state index contributed by atoms with van der Waals surface area (Å²) in [7, 11) is -3.81. The molecule has 128 valence electrons. The van der Waals surface area contributed by atoms with Crippen LogP contribution in [0, 0.1) is 0 Å². The van der Waals surface area contributed by atoms with Gasteiger partial charge < -0.3 is 9.84 Å². The van der Waals surface area contributed by atoms with Crippen LogP contribution in [0.15, 0.2) is 51.8 Å². The number of sulfonamides is 1. The molecular weight excluding hydrogens is 398 g/mol. The molecule has 0 aliphatic heterocycles. The number of rotatable bonds is 7. The number of carboxylic acids is 1. The van der Waals surface area contributed by atoms with Crippen LogP contribution in [0.4, 0.5) is 5.69 Å². The van der Waals surface area contributed by atoms with Gasteiger partial charge in [-0.05, 0) is 58.7 Å². The highest BCUT2D eigenvalue weighted by atomic mass is 79.9. The maximum Gasteiger partial charge on any atom is 0.335 e. The van der Waals surface area contributed by atoms with Crippen molar-refractivity contribution in [3.05, 3.63) is 52.5 Å². The molecule has 2 aromatic rings. The van der Waals surface area contributed by atoms with Crippen LogP contribution in [-0.4, -0.2) is 26.1 Å². The van der Waals surface area contributed by atoms with Gasteiger partial charge >= 0.3 is 5.97 Å². The number of carboxylic acid groups (broad SMARTS) is 1. The minimum atomic E-state index is -3.81. The SMILES string of the molecule is CCCOc1cc(S(=O)(=O)Nc2ccc(C(=O)O)cc2)ccc1Br. The standard InChI is InChI=1S/C16H16BrNO5S/c1-2-9-23-15-10-13(7-8-14(15)17)24(21,22)18-12-5-3-11(4-6-12)16(19)20/h3-8,10,18H,2,9H2,1H3,(H,19,20). The highest BCUT2D eigenvalue weighted by Crippen LogP contribution is 2.29. The fourth-order valence-corrected chi connectivity index (χ4v) is 3.30. The zero-order valence-electron chi connectivity index (χ0n) is 12.8. The van der Waals surface area contributed by atoms with Gasteiger partial charge in [0.05, 0.1) is 21.5 Å². The average molecular weight is 414 g/mol. The Hall–Kier alpha value is -2.06. The van der Waals surface area contributed by atoms with Crippen LogP contribution in [-0.2, 0) is 10.0 Å². The molecule has 0 bridgehead atoms. The summed E-state index contributed by atoms with van der Waals surface area (Å²) in [6.45, 7) is 2.43. The van der Waals surface area contributed by atoms with E-state index < -0.39 is 16.0 Å². The molecule has 2 aromatic carbocycles. The van der Waals surface area contributed by atoms with Crippen LogP contribution in [0.3, 0.4) is 0 Å². The number of benzene rings is 2. The lowest BCUT2D eigenvalue weighted by Gasteiger charge is -2.11. The van der Waals surface area contributed by atoms with Gasteiger partial charge in [0.1, 0.15) is 5.75 Å². The zero-order valence-corrected chi connectivity index (χ0v) is 15.2. The minimum absolute atomic E-state index is 0.0547. The summed E-state index contributed by atoms with van der Waals surface area (Å²) in [6.07, 6.45) is 0.803. The van der Waals surface area contributed by atoms with Crippen LogP contribution >= 0.6 is 15.9 Å². The Labute approximate surface area is 148 Å². The lowest BCUT2D eigenvalue weighted by molar-refractivity contribution is 0.0697. The van der Waals surface area contributed by atoms with Crippen molar-refractivity contribution in [1.29, 1.82) is 0 Å². The molecule has 0 saturated carbocycles. The number of carbonyl (C=O) groups is 1. The molecule has 0 saturated heterocycles. The van der Waals surface area contributed by atoms with Gasteiger partial charge in [0.15, 0.2) is 0 Å².